The van der Waals surface area contributed by atoms with Gasteiger partial charge in [-0.3, -0.25) is 0 Å². The van der Waals surface area contributed by atoms with Crippen LogP contribution < -0.4 is 10.5 Å². The molecule has 1 atom stereocenters. The lowest BCUT2D eigenvalue weighted by Crippen LogP contribution is -2.08. The molecule has 2 N–H and O–H groups in total. The second-order valence-electron chi connectivity index (χ2n) is 4.33. The zero-order valence-corrected chi connectivity index (χ0v) is 10.6. The van der Waals surface area contributed by atoms with E-state index in [9.17, 15) is 0 Å². The Morgan fingerprint density at radius 1 is 1.47 bits per heavy atom. The standard InChI is InChI=1S/C13H19N3O/c1-4-5-9(2)16-12-7-6-10(17-3)8-11(12)15-13(16)14/h6-9H,4-5H2,1-3H3,(H2,14,15). The first-order chi connectivity index (χ1) is 8.17. The number of anilines is 1. The van der Waals surface area contributed by atoms with Gasteiger partial charge in [-0.1, -0.05) is 13.3 Å². The van der Waals surface area contributed by atoms with Crippen LogP contribution in [0.1, 0.15) is 32.7 Å². The largest absolute Gasteiger partial charge is 0.497 e. The fraction of sp³-hybridized carbons (Fsp3) is 0.462. The van der Waals surface area contributed by atoms with Crippen LogP contribution in [-0.2, 0) is 0 Å². The van der Waals surface area contributed by atoms with Crippen molar-refractivity contribution < 1.29 is 4.74 Å². The van der Waals surface area contributed by atoms with E-state index in [4.69, 9.17) is 10.5 Å². The summed E-state index contributed by atoms with van der Waals surface area (Å²) in [6.07, 6.45) is 2.23. The van der Waals surface area contributed by atoms with Gasteiger partial charge < -0.3 is 15.0 Å². The summed E-state index contributed by atoms with van der Waals surface area (Å²) in [5.41, 5.74) is 7.95. The average molecular weight is 233 g/mol. The van der Waals surface area contributed by atoms with Crippen LogP contribution in [0.4, 0.5) is 5.95 Å². The van der Waals surface area contributed by atoms with Crippen molar-refractivity contribution in [3.63, 3.8) is 0 Å². The lowest BCUT2D eigenvalue weighted by Gasteiger charge is -2.14. The van der Waals surface area contributed by atoms with Gasteiger partial charge in [0.15, 0.2) is 0 Å². The molecule has 0 aliphatic carbocycles. The Labute approximate surface area is 101 Å². The SMILES string of the molecule is CCCC(C)n1c(N)nc2cc(OC)ccc21. The molecule has 0 fully saturated rings. The van der Waals surface area contributed by atoms with Gasteiger partial charge in [0.2, 0.25) is 5.95 Å². The van der Waals surface area contributed by atoms with E-state index in [1.165, 1.54) is 0 Å². The van der Waals surface area contributed by atoms with E-state index in [1.54, 1.807) is 7.11 Å². The molecule has 2 rings (SSSR count). The highest BCUT2D eigenvalue weighted by Gasteiger charge is 2.13. The smallest absolute Gasteiger partial charge is 0.201 e. The molecule has 0 bridgehead atoms. The Kier molecular flexibility index (Phi) is 3.22. The third-order valence-electron chi connectivity index (χ3n) is 3.07. The molecule has 92 valence electrons. The predicted octanol–water partition coefficient (Wildman–Crippen LogP) is 2.99. The van der Waals surface area contributed by atoms with E-state index in [-0.39, 0.29) is 0 Å². The molecule has 1 heterocycles. The van der Waals surface area contributed by atoms with Gasteiger partial charge in [-0.2, -0.15) is 0 Å². The molecule has 0 amide bonds. The molecule has 1 aromatic carbocycles. The minimum Gasteiger partial charge on any atom is -0.497 e. The number of rotatable bonds is 4. The van der Waals surface area contributed by atoms with E-state index in [2.05, 4.69) is 23.4 Å². The molecule has 0 aliphatic heterocycles. The van der Waals surface area contributed by atoms with E-state index in [0.717, 1.165) is 29.6 Å². The predicted molar refractivity (Wildman–Crippen MR) is 70.3 cm³/mol. The van der Waals surface area contributed by atoms with Crippen molar-refractivity contribution in [3.8, 4) is 5.75 Å². The van der Waals surface area contributed by atoms with Gasteiger partial charge in [-0.15, -0.1) is 0 Å². The normalized spacial score (nSPS) is 12.9. The van der Waals surface area contributed by atoms with E-state index in [0.29, 0.717) is 12.0 Å². The highest BCUT2D eigenvalue weighted by atomic mass is 16.5. The number of nitrogens with two attached hydrogens (primary N) is 1. The quantitative estimate of drug-likeness (QED) is 0.883. The van der Waals surface area contributed by atoms with Crippen LogP contribution in [0.3, 0.4) is 0 Å². The molecule has 4 heteroatoms. The highest BCUT2D eigenvalue weighted by Crippen LogP contribution is 2.27. The number of methoxy groups -OCH3 is 1. The summed E-state index contributed by atoms with van der Waals surface area (Å²) in [6.45, 7) is 4.35. The van der Waals surface area contributed by atoms with Crippen LogP contribution in [0.5, 0.6) is 5.75 Å². The van der Waals surface area contributed by atoms with Crippen molar-refractivity contribution in [2.24, 2.45) is 0 Å². The number of aromatic nitrogens is 2. The summed E-state index contributed by atoms with van der Waals surface area (Å²) >= 11 is 0. The number of hydrogen-bond donors (Lipinski definition) is 1. The lowest BCUT2D eigenvalue weighted by molar-refractivity contribution is 0.415. The molecule has 0 radical (unpaired) electrons. The van der Waals surface area contributed by atoms with E-state index >= 15 is 0 Å². The van der Waals surface area contributed by atoms with Crippen LogP contribution in [0.15, 0.2) is 18.2 Å². The third kappa shape index (κ3) is 2.07. The summed E-state index contributed by atoms with van der Waals surface area (Å²) in [7, 11) is 1.65. The molecule has 1 unspecified atom stereocenters. The van der Waals surface area contributed by atoms with Gasteiger partial charge in [-0.25, -0.2) is 4.98 Å². The summed E-state index contributed by atoms with van der Waals surface area (Å²) in [5, 5.41) is 0. The molecule has 4 nitrogen and oxygen atoms in total. The van der Waals surface area contributed by atoms with Crippen LogP contribution >= 0.6 is 0 Å². The lowest BCUT2D eigenvalue weighted by atomic mass is 10.2. The molecule has 0 spiro atoms. The van der Waals surface area contributed by atoms with Crippen molar-refractivity contribution in [3.05, 3.63) is 18.2 Å². The summed E-state index contributed by atoms with van der Waals surface area (Å²) in [6, 6.07) is 6.25. The van der Waals surface area contributed by atoms with Crippen molar-refractivity contribution in [2.45, 2.75) is 32.7 Å². The number of imidazole rings is 1. The number of ether oxygens (including phenoxy) is 1. The Hall–Kier alpha value is -1.71. The Morgan fingerprint density at radius 3 is 2.88 bits per heavy atom. The Bertz CT molecular complexity index is 519. The van der Waals surface area contributed by atoms with Crippen LogP contribution in [-0.4, -0.2) is 16.7 Å². The van der Waals surface area contributed by atoms with Gasteiger partial charge in [0.1, 0.15) is 5.75 Å². The first-order valence-electron chi connectivity index (χ1n) is 5.98. The zero-order chi connectivity index (χ0) is 12.4. The van der Waals surface area contributed by atoms with Crippen LogP contribution in [0.2, 0.25) is 0 Å². The first-order valence-corrected chi connectivity index (χ1v) is 5.98. The maximum atomic E-state index is 5.99. The number of benzene rings is 1. The van der Waals surface area contributed by atoms with Crippen LogP contribution in [0.25, 0.3) is 11.0 Å². The summed E-state index contributed by atoms with van der Waals surface area (Å²) in [4.78, 5) is 4.39. The molecular weight excluding hydrogens is 214 g/mol. The third-order valence-corrected chi connectivity index (χ3v) is 3.07. The van der Waals surface area contributed by atoms with Gasteiger partial charge in [-0.05, 0) is 25.5 Å². The van der Waals surface area contributed by atoms with Gasteiger partial charge >= 0.3 is 0 Å². The summed E-state index contributed by atoms with van der Waals surface area (Å²) in [5.74, 6) is 1.39. The number of nitrogens with zero attached hydrogens (tertiary/aromatic N) is 2. The number of nitrogen functional groups attached to an aromatic ring is 1. The Balaban J connectivity index is 2.52. The molecule has 0 saturated carbocycles. The fourth-order valence-corrected chi connectivity index (χ4v) is 2.23. The van der Waals surface area contributed by atoms with Crippen molar-refractivity contribution in [1.29, 1.82) is 0 Å². The molecule has 0 saturated heterocycles. The molecule has 1 aromatic heterocycles. The molecular formula is C13H19N3O. The highest BCUT2D eigenvalue weighted by molar-refractivity contribution is 5.80. The monoisotopic (exact) mass is 233 g/mol. The van der Waals surface area contributed by atoms with E-state index < -0.39 is 0 Å². The first kappa shape index (κ1) is 11.8. The molecule has 0 aliphatic rings. The number of fused-ring (bicyclic) bond motifs is 1. The van der Waals surface area contributed by atoms with Gasteiger partial charge in [0.05, 0.1) is 18.1 Å². The molecule has 17 heavy (non-hydrogen) atoms. The van der Waals surface area contributed by atoms with Crippen molar-refractivity contribution in [2.75, 3.05) is 12.8 Å². The summed E-state index contributed by atoms with van der Waals surface area (Å²) < 4.78 is 7.28. The molecule has 2 aromatic rings. The van der Waals surface area contributed by atoms with Crippen molar-refractivity contribution in [1.82, 2.24) is 9.55 Å². The maximum absolute atomic E-state index is 5.99. The second-order valence-corrected chi connectivity index (χ2v) is 4.33. The zero-order valence-electron chi connectivity index (χ0n) is 10.6. The number of hydrogen-bond acceptors (Lipinski definition) is 3. The topological polar surface area (TPSA) is 53.1 Å². The Morgan fingerprint density at radius 2 is 2.24 bits per heavy atom. The van der Waals surface area contributed by atoms with E-state index in [1.807, 2.05) is 18.2 Å². The van der Waals surface area contributed by atoms with Gasteiger partial charge in [0.25, 0.3) is 0 Å². The maximum Gasteiger partial charge on any atom is 0.201 e. The minimum absolute atomic E-state index is 0.374. The fourth-order valence-electron chi connectivity index (χ4n) is 2.23. The minimum atomic E-state index is 0.374. The van der Waals surface area contributed by atoms with Crippen molar-refractivity contribution >= 4 is 17.0 Å². The average Bonchev–Trinajstić information content (AvgIpc) is 2.64. The second kappa shape index (κ2) is 4.65. The van der Waals surface area contributed by atoms with Crippen LogP contribution in [0, 0.1) is 0 Å². The van der Waals surface area contributed by atoms with Gasteiger partial charge in [0, 0.05) is 12.1 Å².